The highest BCUT2D eigenvalue weighted by molar-refractivity contribution is 8.14. The first-order valence-corrected chi connectivity index (χ1v) is 9.40. The van der Waals surface area contributed by atoms with Gasteiger partial charge in [-0.25, -0.2) is 4.68 Å². The summed E-state index contributed by atoms with van der Waals surface area (Å²) in [7, 11) is 0. The molecular weight excluding hydrogens is 344 g/mol. The van der Waals surface area contributed by atoms with Crippen LogP contribution in [0.3, 0.4) is 0 Å². The molecule has 1 N–H and O–H groups in total. The van der Waals surface area contributed by atoms with Crippen molar-refractivity contribution in [3.05, 3.63) is 71.9 Å². The molecule has 3 aromatic rings. The summed E-state index contributed by atoms with van der Waals surface area (Å²) < 4.78 is 1.75. The molecule has 0 spiro atoms. The molecule has 5 nitrogen and oxygen atoms in total. The van der Waals surface area contributed by atoms with Crippen LogP contribution in [-0.2, 0) is 0 Å². The van der Waals surface area contributed by atoms with Crippen molar-refractivity contribution in [1.29, 1.82) is 0 Å². The van der Waals surface area contributed by atoms with Crippen LogP contribution in [0.2, 0.25) is 0 Å². The number of carbonyl (C=O) groups excluding carboxylic acids is 1. The fourth-order valence-electron chi connectivity index (χ4n) is 2.87. The number of hydrogen-bond acceptors (Lipinski definition) is 4. The van der Waals surface area contributed by atoms with Crippen LogP contribution in [-0.4, -0.2) is 33.2 Å². The molecule has 1 amide bonds. The van der Waals surface area contributed by atoms with Crippen molar-refractivity contribution in [2.75, 3.05) is 12.3 Å². The summed E-state index contributed by atoms with van der Waals surface area (Å²) in [4.78, 5) is 17.2. The first kappa shape index (κ1) is 16.6. The second-order valence-electron chi connectivity index (χ2n) is 5.98. The minimum absolute atomic E-state index is 0.182. The molecule has 6 heteroatoms. The molecule has 1 aliphatic heterocycles. The molecule has 0 aliphatic carbocycles. The van der Waals surface area contributed by atoms with Gasteiger partial charge in [0.05, 0.1) is 17.8 Å². The number of rotatable bonds is 3. The number of benzene rings is 2. The number of thioether (sulfide) groups is 1. The van der Waals surface area contributed by atoms with E-state index in [9.17, 15) is 4.79 Å². The Bertz CT molecular complexity index is 978. The maximum atomic E-state index is 12.9. The summed E-state index contributed by atoms with van der Waals surface area (Å²) in [5.41, 5.74) is 4.15. The lowest BCUT2D eigenvalue weighted by Gasteiger charge is -2.06. The van der Waals surface area contributed by atoms with E-state index in [2.05, 4.69) is 10.3 Å². The number of amides is 1. The van der Waals surface area contributed by atoms with Gasteiger partial charge in [-0.05, 0) is 24.6 Å². The fraction of sp³-hybridized carbons (Fsp3) is 0.150. The molecule has 0 fully saturated rings. The number of carbonyl (C=O) groups is 1. The number of amidine groups is 1. The standard InChI is InChI=1S/C20H18N4OS/c1-14-7-5-6-10-16(14)18-17(19(25)22-20-21-11-12-26-20)13-24(23-18)15-8-3-2-4-9-15/h2-10,13H,11-12H2,1H3,(H,21,22,25). The van der Waals surface area contributed by atoms with Gasteiger partial charge in [-0.15, -0.1) is 0 Å². The minimum Gasteiger partial charge on any atom is -0.301 e. The maximum Gasteiger partial charge on any atom is 0.261 e. The van der Waals surface area contributed by atoms with Crippen LogP contribution in [0.4, 0.5) is 0 Å². The van der Waals surface area contributed by atoms with Crippen molar-refractivity contribution in [3.63, 3.8) is 0 Å². The smallest absolute Gasteiger partial charge is 0.261 e. The Morgan fingerprint density at radius 1 is 1.12 bits per heavy atom. The van der Waals surface area contributed by atoms with Crippen LogP contribution in [0.5, 0.6) is 0 Å². The number of nitrogens with zero attached hydrogens (tertiary/aromatic N) is 3. The molecule has 0 unspecified atom stereocenters. The molecule has 1 aromatic heterocycles. The SMILES string of the molecule is Cc1ccccc1-c1nn(-c2ccccc2)cc1C(=O)NC1=NCCS1. The van der Waals surface area contributed by atoms with E-state index in [1.165, 1.54) is 0 Å². The number of aromatic nitrogens is 2. The van der Waals surface area contributed by atoms with Gasteiger partial charge in [0, 0.05) is 17.5 Å². The lowest BCUT2D eigenvalue weighted by molar-refractivity contribution is 0.0978. The summed E-state index contributed by atoms with van der Waals surface area (Å²) in [5, 5.41) is 8.31. The van der Waals surface area contributed by atoms with E-state index in [1.54, 1.807) is 22.6 Å². The Morgan fingerprint density at radius 2 is 1.88 bits per heavy atom. The number of para-hydroxylation sites is 1. The molecule has 0 saturated carbocycles. The summed E-state index contributed by atoms with van der Waals surface area (Å²) in [5.74, 6) is 0.724. The largest absolute Gasteiger partial charge is 0.301 e. The number of hydrogen-bond donors (Lipinski definition) is 1. The third-order valence-electron chi connectivity index (χ3n) is 4.19. The Hall–Kier alpha value is -2.86. The van der Waals surface area contributed by atoms with Crippen molar-refractivity contribution in [1.82, 2.24) is 15.1 Å². The van der Waals surface area contributed by atoms with Crippen LogP contribution >= 0.6 is 11.8 Å². The van der Waals surface area contributed by atoms with E-state index < -0.39 is 0 Å². The summed E-state index contributed by atoms with van der Waals surface area (Å²) in [6, 6.07) is 17.8. The molecular formula is C20H18N4OS. The quantitative estimate of drug-likeness (QED) is 0.773. The van der Waals surface area contributed by atoms with Crippen molar-refractivity contribution in [2.24, 2.45) is 4.99 Å². The second-order valence-corrected chi connectivity index (χ2v) is 7.06. The molecule has 0 radical (unpaired) electrons. The van der Waals surface area contributed by atoms with E-state index >= 15 is 0 Å². The van der Waals surface area contributed by atoms with Gasteiger partial charge < -0.3 is 5.32 Å². The Kier molecular flexibility index (Phi) is 4.58. The third-order valence-corrected chi connectivity index (χ3v) is 5.08. The Labute approximate surface area is 156 Å². The monoisotopic (exact) mass is 362 g/mol. The van der Waals surface area contributed by atoms with Crippen molar-refractivity contribution in [2.45, 2.75) is 6.92 Å². The van der Waals surface area contributed by atoms with Crippen LogP contribution in [0.15, 0.2) is 65.8 Å². The van der Waals surface area contributed by atoms with Gasteiger partial charge in [0.1, 0.15) is 5.69 Å². The van der Waals surface area contributed by atoms with Crippen molar-refractivity contribution >= 4 is 22.8 Å². The maximum absolute atomic E-state index is 12.9. The molecule has 26 heavy (non-hydrogen) atoms. The predicted octanol–water partition coefficient (Wildman–Crippen LogP) is 3.68. The van der Waals surface area contributed by atoms with E-state index in [0.29, 0.717) is 16.4 Å². The van der Waals surface area contributed by atoms with E-state index in [-0.39, 0.29) is 5.91 Å². The summed E-state index contributed by atoms with van der Waals surface area (Å²) >= 11 is 1.56. The molecule has 1 aliphatic rings. The first-order chi connectivity index (χ1) is 12.7. The number of aliphatic imine (C=N–C) groups is 1. The molecule has 4 rings (SSSR count). The first-order valence-electron chi connectivity index (χ1n) is 8.42. The minimum atomic E-state index is -0.182. The van der Waals surface area contributed by atoms with Crippen LogP contribution in [0, 0.1) is 6.92 Å². The van der Waals surface area contributed by atoms with Crippen LogP contribution < -0.4 is 5.32 Å². The Balaban J connectivity index is 1.79. The van der Waals surface area contributed by atoms with Crippen LogP contribution in [0.25, 0.3) is 16.9 Å². The van der Waals surface area contributed by atoms with Gasteiger partial charge in [0.15, 0.2) is 5.17 Å². The predicted molar refractivity (Wildman–Crippen MR) is 106 cm³/mol. The number of aryl methyl sites for hydroxylation is 1. The van der Waals surface area contributed by atoms with Crippen LogP contribution in [0.1, 0.15) is 15.9 Å². The molecule has 0 atom stereocenters. The van der Waals surface area contributed by atoms with Gasteiger partial charge in [0.25, 0.3) is 5.91 Å². The topological polar surface area (TPSA) is 59.3 Å². The molecule has 0 saturated heterocycles. The van der Waals surface area contributed by atoms with E-state index in [4.69, 9.17) is 5.10 Å². The zero-order valence-corrected chi connectivity index (χ0v) is 15.2. The van der Waals surface area contributed by atoms with Gasteiger partial charge in [-0.3, -0.25) is 9.79 Å². The zero-order chi connectivity index (χ0) is 17.9. The van der Waals surface area contributed by atoms with Gasteiger partial charge in [0.2, 0.25) is 0 Å². The highest BCUT2D eigenvalue weighted by atomic mass is 32.2. The van der Waals surface area contributed by atoms with E-state index in [0.717, 1.165) is 29.1 Å². The third kappa shape index (κ3) is 3.28. The highest BCUT2D eigenvalue weighted by Gasteiger charge is 2.21. The van der Waals surface area contributed by atoms with Crippen molar-refractivity contribution in [3.8, 4) is 16.9 Å². The molecule has 2 heterocycles. The Morgan fingerprint density at radius 3 is 2.62 bits per heavy atom. The molecule has 130 valence electrons. The zero-order valence-electron chi connectivity index (χ0n) is 14.3. The summed E-state index contributed by atoms with van der Waals surface area (Å²) in [6.07, 6.45) is 1.78. The van der Waals surface area contributed by atoms with Gasteiger partial charge >= 0.3 is 0 Å². The van der Waals surface area contributed by atoms with Gasteiger partial charge in [-0.1, -0.05) is 54.2 Å². The molecule has 2 aromatic carbocycles. The lowest BCUT2D eigenvalue weighted by atomic mass is 10.0. The lowest BCUT2D eigenvalue weighted by Crippen LogP contribution is -2.27. The average Bonchev–Trinajstić information content (AvgIpc) is 3.32. The summed E-state index contributed by atoms with van der Waals surface area (Å²) in [6.45, 7) is 2.77. The second kappa shape index (κ2) is 7.17. The highest BCUT2D eigenvalue weighted by Crippen LogP contribution is 2.27. The normalized spacial score (nSPS) is 13.5. The van der Waals surface area contributed by atoms with E-state index in [1.807, 2.05) is 61.5 Å². The number of nitrogens with one attached hydrogen (secondary N) is 1. The molecule has 0 bridgehead atoms. The van der Waals surface area contributed by atoms with Crippen molar-refractivity contribution < 1.29 is 4.79 Å². The van der Waals surface area contributed by atoms with Gasteiger partial charge in [-0.2, -0.15) is 5.10 Å². The average molecular weight is 362 g/mol. The fourth-order valence-corrected chi connectivity index (χ4v) is 3.59.